The highest BCUT2D eigenvalue weighted by Gasteiger charge is 2.31. The lowest BCUT2D eigenvalue weighted by atomic mass is 10.1. The number of nitrogens with one attached hydrogen (secondary N) is 2. The minimum atomic E-state index is -0.454. The van der Waals surface area contributed by atoms with Gasteiger partial charge in [-0.3, -0.25) is 20.3 Å². The van der Waals surface area contributed by atoms with E-state index in [1.165, 1.54) is 42.3 Å². The van der Waals surface area contributed by atoms with Crippen LogP contribution in [0.4, 0.5) is 10.8 Å². The summed E-state index contributed by atoms with van der Waals surface area (Å²) in [5.41, 5.74) is 4.85. The Balaban J connectivity index is 1.39. The Morgan fingerprint density at radius 2 is 2.09 bits per heavy atom. The minimum absolute atomic E-state index is 0.0135. The number of carbonyl (C=O) groups excluding carboxylic acids is 1. The van der Waals surface area contributed by atoms with Crippen LogP contribution in [-0.2, 0) is 11.2 Å². The molecular weight excluding hydrogens is 454 g/mol. The zero-order valence-corrected chi connectivity index (χ0v) is 18.3. The summed E-state index contributed by atoms with van der Waals surface area (Å²) < 4.78 is 5.11. The number of anilines is 1. The molecule has 1 atom stereocenters. The number of rotatable bonds is 7. The molecule has 0 spiro atoms. The Morgan fingerprint density at radius 3 is 2.81 bits per heavy atom. The molecule has 12 heteroatoms. The predicted octanol–water partition coefficient (Wildman–Crippen LogP) is 3.59. The zero-order valence-electron chi connectivity index (χ0n) is 16.6. The van der Waals surface area contributed by atoms with Crippen molar-refractivity contribution >= 4 is 45.0 Å². The van der Waals surface area contributed by atoms with Crippen molar-refractivity contribution in [2.75, 3.05) is 12.5 Å². The molecule has 4 rings (SSSR count). The number of nitrogens with zero attached hydrogens (tertiary/aromatic N) is 3. The van der Waals surface area contributed by atoms with Crippen molar-refractivity contribution in [2.24, 2.45) is 5.10 Å². The number of hydrogen-bond acceptors (Lipinski definition) is 10. The van der Waals surface area contributed by atoms with Crippen LogP contribution in [0.1, 0.15) is 5.56 Å². The van der Waals surface area contributed by atoms with Crippen molar-refractivity contribution in [2.45, 2.75) is 11.7 Å². The van der Waals surface area contributed by atoms with E-state index in [0.717, 1.165) is 5.56 Å². The molecule has 1 amide bonds. The van der Waals surface area contributed by atoms with Crippen LogP contribution in [-0.4, -0.2) is 38.4 Å². The number of hydrazone groups is 1. The van der Waals surface area contributed by atoms with E-state index in [1.807, 2.05) is 0 Å². The lowest BCUT2D eigenvalue weighted by molar-refractivity contribution is -0.384. The summed E-state index contributed by atoms with van der Waals surface area (Å²) in [4.78, 5) is 27.1. The number of para-hydroxylation sites is 1. The van der Waals surface area contributed by atoms with Gasteiger partial charge in [-0.05, 0) is 30.2 Å². The second-order valence-electron chi connectivity index (χ2n) is 6.64. The molecule has 164 valence electrons. The topological polar surface area (TPSA) is 139 Å². The first-order valence-corrected chi connectivity index (χ1v) is 11.1. The predicted molar refractivity (Wildman–Crippen MR) is 123 cm³/mol. The smallest absolute Gasteiger partial charge is 0.269 e. The number of phenolic OH excluding ortho intramolecular Hbond substituents is 1. The molecule has 1 aliphatic heterocycles. The molecule has 0 radical (unpaired) electrons. The average molecular weight is 472 g/mol. The van der Waals surface area contributed by atoms with Gasteiger partial charge in [0.25, 0.3) is 5.69 Å². The van der Waals surface area contributed by atoms with Gasteiger partial charge in [-0.15, -0.1) is 16.4 Å². The third-order valence-corrected chi connectivity index (χ3v) is 6.44. The van der Waals surface area contributed by atoms with Crippen molar-refractivity contribution in [1.82, 2.24) is 10.3 Å². The van der Waals surface area contributed by atoms with E-state index in [4.69, 9.17) is 4.74 Å². The number of aromatic nitrogens is 1. The average Bonchev–Trinajstić information content (AvgIpc) is 3.40. The Kier molecular flexibility index (Phi) is 6.23. The van der Waals surface area contributed by atoms with Crippen LogP contribution in [0.3, 0.4) is 0 Å². The SMILES string of the molecule is COc1cccc(C[C@H]2S/C(=N/Nc3nc(-c4ccc([N+](=O)[O-])cc4)cs3)NC2=O)c1O. The van der Waals surface area contributed by atoms with E-state index in [0.29, 0.717) is 33.7 Å². The Labute approximate surface area is 190 Å². The molecule has 10 nitrogen and oxygen atoms in total. The Hall–Kier alpha value is -3.64. The van der Waals surface area contributed by atoms with E-state index < -0.39 is 10.2 Å². The van der Waals surface area contributed by atoms with Crippen LogP contribution in [0.5, 0.6) is 11.5 Å². The molecule has 1 saturated heterocycles. The fourth-order valence-electron chi connectivity index (χ4n) is 3.00. The second-order valence-corrected chi connectivity index (χ2v) is 8.69. The van der Waals surface area contributed by atoms with E-state index in [-0.39, 0.29) is 17.3 Å². The highest BCUT2D eigenvalue weighted by atomic mass is 32.2. The van der Waals surface area contributed by atoms with Crippen molar-refractivity contribution < 1.29 is 19.6 Å². The summed E-state index contributed by atoms with van der Waals surface area (Å²) in [5.74, 6) is 0.172. The van der Waals surface area contributed by atoms with Crippen molar-refractivity contribution in [3.63, 3.8) is 0 Å². The molecule has 2 heterocycles. The first kappa shape index (κ1) is 21.6. The molecular formula is C20H17N5O5S2. The summed E-state index contributed by atoms with van der Waals surface area (Å²) in [6.07, 6.45) is 0.320. The monoisotopic (exact) mass is 471 g/mol. The summed E-state index contributed by atoms with van der Waals surface area (Å²) in [6, 6.07) is 11.3. The third kappa shape index (κ3) is 4.65. The summed E-state index contributed by atoms with van der Waals surface area (Å²) in [7, 11) is 1.47. The molecule has 0 aliphatic carbocycles. The summed E-state index contributed by atoms with van der Waals surface area (Å²) >= 11 is 2.57. The zero-order chi connectivity index (χ0) is 22.7. The number of non-ortho nitro benzene ring substituents is 1. The van der Waals surface area contributed by atoms with Crippen LogP contribution < -0.4 is 15.5 Å². The van der Waals surface area contributed by atoms with Crippen molar-refractivity contribution in [1.29, 1.82) is 0 Å². The van der Waals surface area contributed by atoms with Crippen LogP contribution >= 0.6 is 23.1 Å². The van der Waals surface area contributed by atoms with Crippen molar-refractivity contribution in [3.05, 3.63) is 63.5 Å². The molecule has 32 heavy (non-hydrogen) atoms. The first-order valence-electron chi connectivity index (χ1n) is 9.31. The number of nitro groups is 1. The number of amidine groups is 1. The van der Waals surface area contributed by atoms with Gasteiger partial charge in [-0.25, -0.2) is 4.98 Å². The molecule has 1 fully saturated rings. The van der Waals surface area contributed by atoms with Gasteiger partial charge in [-0.2, -0.15) is 0 Å². The van der Waals surface area contributed by atoms with E-state index >= 15 is 0 Å². The Morgan fingerprint density at radius 1 is 1.31 bits per heavy atom. The van der Waals surface area contributed by atoms with Crippen LogP contribution in [0.2, 0.25) is 0 Å². The lowest BCUT2D eigenvalue weighted by Crippen LogP contribution is -2.26. The molecule has 2 aromatic carbocycles. The maximum Gasteiger partial charge on any atom is 0.269 e. The number of thioether (sulfide) groups is 1. The normalized spacial score (nSPS) is 16.7. The molecule has 0 unspecified atom stereocenters. The van der Waals surface area contributed by atoms with Gasteiger partial charge in [-0.1, -0.05) is 23.9 Å². The maximum absolute atomic E-state index is 12.3. The Bertz CT molecular complexity index is 1200. The van der Waals surface area contributed by atoms with Gasteiger partial charge in [0, 0.05) is 23.1 Å². The maximum atomic E-state index is 12.3. The first-order chi connectivity index (χ1) is 15.4. The van der Waals surface area contributed by atoms with E-state index in [9.17, 15) is 20.0 Å². The van der Waals surface area contributed by atoms with Gasteiger partial charge in [0.2, 0.25) is 11.0 Å². The van der Waals surface area contributed by atoms with Crippen molar-refractivity contribution in [3.8, 4) is 22.8 Å². The van der Waals surface area contributed by atoms with E-state index in [2.05, 4.69) is 20.8 Å². The fourth-order valence-corrected chi connectivity index (χ4v) is 4.62. The lowest BCUT2D eigenvalue weighted by Gasteiger charge is -2.10. The number of ether oxygens (including phenoxy) is 1. The van der Waals surface area contributed by atoms with Crippen LogP contribution in [0.25, 0.3) is 11.3 Å². The summed E-state index contributed by atoms with van der Waals surface area (Å²) in [6.45, 7) is 0. The van der Waals surface area contributed by atoms with Gasteiger partial charge in [0.15, 0.2) is 16.7 Å². The summed E-state index contributed by atoms with van der Waals surface area (Å²) in [5, 5.41) is 30.2. The molecule has 3 aromatic rings. The standard InChI is InChI=1S/C20H17N5O5S2/c1-30-15-4-2-3-12(17(15)26)9-16-18(27)22-20(32-16)24-23-19-21-14(10-31-19)11-5-7-13(8-6-11)25(28)29/h2-8,10,16,26H,9H2,1H3,(H,21,23)(H,22,24,27)/t16-/m1/s1. The largest absolute Gasteiger partial charge is 0.504 e. The quantitative estimate of drug-likeness (QED) is 0.351. The van der Waals surface area contributed by atoms with Gasteiger partial charge in [0.1, 0.15) is 0 Å². The van der Waals surface area contributed by atoms with Crippen LogP contribution in [0.15, 0.2) is 52.9 Å². The molecule has 0 saturated carbocycles. The number of phenols is 1. The van der Waals surface area contributed by atoms with Gasteiger partial charge < -0.3 is 15.2 Å². The number of hydrogen-bond donors (Lipinski definition) is 3. The second kappa shape index (κ2) is 9.24. The van der Waals surface area contributed by atoms with E-state index in [1.54, 1.807) is 35.7 Å². The molecule has 3 N–H and O–H groups in total. The number of nitro benzene ring substituents is 1. The number of aromatic hydroxyl groups is 1. The molecule has 0 bridgehead atoms. The highest BCUT2D eigenvalue weighted by molar-refractivity contribution is 8.15. The number of amides is 1. The number of thiazole rings is 1. The number of carbonyl (C=O) groups is 1. The number of methoxy groups -OCH3 is 1. The molecule has 1 aliphatic rings. The van der Waals surface area contributed by atoms with Crippen LogP contribution in [0, 0.1) is 10.1 Å². The third-order valence-electron chi connectivity index (χ3n) is 4.62. The number of benzene rings is 2. The molecule has 1 aromatic heterocycles. The van der Waals surface area contributed by atoms with Gasteiger partial charge in [0.05, 0.1) is 23.0 Å². The highest BCUT2D eigenvalue weighted by Crippen LogP contribution is 2.33. The fraction of sp³-hybridized carbons (Fsp3) is 0.150. The minimum Gasteiger partial charge on any atom is -0.504 e. The van der Waals surface area contributed by atoms with Gasteiger partial charge >= 0.3 is 0 Å².